The number of likely N-dealkylation sites (N-methyl/N-ethyl adjacent to an activating group) is 1. The topological polar surface area (TPSA) is 67.6 Å². The standard InChI is InChI=1S/C16H21N3O3/c1-11-7-13(5-6-14(11)21-4)9-19(3)10-15(20)17-16-8-12(2)18-22-16/h5-8H,9-10H2,1-4H3,(H,17,20). The zero-order valence-electron chi connectivity index (χ0n) is 13.3. The largest absolute Gasteiger partial charge is 0.496 e. The first-order chi connectivity index (χ1) is 10.5. The summed E-state index contributed by atoms with van der Waals surface area (Å²) in [5.41, 5.74) is 2.94. The third-order valence-corrected chi connectivity index (χ3v) is 3.22. The maximum absolute atomic E-state index is 11.9. The van der Waals surface area contributed by atoms with Crippen molar-refractivity contribution in [2.24, 2.45) is 0 Å². The van der Waals surface area contributed by atoms with Crippen molar-refractivity contribution in [3.05, 3.63) is 41.1 Å². The van der Waals surface area contributed by atoms with E-state index in [0.29, 0.717) is 12.4 Å². The van der Waals surface area contributed by atoms with Crippen LogP contribution in [0.15, 0.2) is 28.8 Å². The second-order valence-corrected chi connectivity index (χ2v) is 5.36. The number of hydrogen-bond donors (Lipinski definition) is 1. The van der Waals surface area contributed by atoms with E-state index < -0.39 is 0 Å². The van der Waals surface area contributed by atoms with Crippen LogP contribution >= 0.6 is 0 Å². The maximum atomic E-state index is 11.9. The number of aryl methyl sites for hydroxylation is 2. The summed E-state index contributed by atoms with van der Waals surface area (Å²) in [6.45, 7) is 4.75. The van der Waals surface area contributed by atoms with Gasteiger partial charge in [-0.1, -0.05) is 17.3 Å². The lowest BCUT2D eigenvalue weighted by atomic mass is 10.1. The number of carbonyl (C=O) groups is 1. The number of amides is 1. The Labute approximate surface area is 130 Å². The Balaban J connectivity index is 1.88. The van der Waals surface area contributed by atoms with E-state index in [1.807, 2.05) is 31.0 Å². The lowest BCUT2D eigenvalue weighted by Gasteiger charge is -2.16. The highest BCUT2D eigenvalue weighted by Crippen LogP contribution is 2.19. The molecule has 0 unspecified atom stereocenters. The third-order valence-electron chi connectivity index (χ3n) is 3.22. The van der Waals surface area contributed by atoms with Crippen molar-refractivity contribution >= 4 is 11.8 Å². The van der Waals surface area contributed by atoms with E-state index in [2.05, 4.69) is 16.5 Å². The predicted octanol–water partition coefficient (Wildman–Crippen LogP) is 2.37. The van der Waals surface area contributed by atoms with Gasteiger partial charge in [0.15, 0.2) is 0 Å². The van der Waals surface area contributed by atoms with Gasteiger partial charge in [0.1, 0.15) is 5.75 Å². The molecule has 0 fully saturated rings. The molecule has 0 aliphatic rings. The van der Waals surface area contributed by atoms with E-state index in [-0.39, 0.29) is 12.5 Å². The van der Waals surface area contributed by atoms with Gasteiger partial charge in [-0.3, -0.25) is 15.0 Å². The minimum Gasteiger partial charge on any atom is -0.496 e. The molecular weight excluding hydrogens is 282 g/mol. The molecule has 1 heterocycles. The van der Waals surface area contributed by atoms with Crippen LogP contribution in [0.2, 0.25) is 0 Å². The molecule has 0 saturated carbocycles. The van der Waals surface area contributed by atoms with Crippen molar-refractivity contribution in [3.63, 3.8) is 0 Å². The van der Waals surface area contributed by atoms with Crippen molar-refractivity contribution < 1.29 is 14.1 Å². The molecule has 22 heavy (non-hydrogen) atoms. The molecule has 0 spiro atoms. The van der Waals surface area contributed by atoms with E-state index in [0.717, 1.165) is 22.6 Å². The van der Waals surface area contributed by atoms with Crippen LogP contribution in [-0.4, -0.2) is 36.7 Å². The zero-order chi connectivity index (χ0) is 16.1. The number of ether oxygens (including phenoxy) is 1. The van der Waals surface area contributed by atoms with Crippen molar-refractivity contribution in [2.45, 2.75) is 20.4 Å². The molecule has 1 aromatic carbocycles. The number of methoxy groups -OCH3 is 1. The number of nitrogens with zero attached hydrogens (tertiary/aromatic N) is 2. The molecule has 2 rings (SSSR count). The van der Waals surface area contributed by atoms with Crippen molar-refractivity contribution in [2.75, 3.05) is 26.0 Å². The average molecular weight is 303 g/mol. The van der Waals surface area contributed by atoms with E-state index in [1.54, 1.807) is 20.1 Å². The van der Waals surface area contributed by atoms with Gasteiger partial charge >= 0.3 is 0 Å². The first-order valence-corrected chi connectivity index (χ1v) is 7.03. The van der Waals surface area contributed by atoms with E-state index in [9.17, 15) is 4.79 Å². The summed E-state index contributed by atoms with van der Waals surface area (Å²) in [5, 5.41) is 6.41. The summed E-state index contributed by atoms with van der Waals surface area (Å²) >= 11 is 0. The van der Waals surface area contributed by atoms with Gasteiger partial charge in [0.05, 0.1) is 19.3 Å². The number of anilines is 1. The minimum absolute atomic E-state index is 0.135. The Hall–Kier alpha value is -2.34. The number of nitrogens with one attached hydrogen (secondary N) is 1. The van der Waals surface area contributed by atoms with Crippen LogP contribution in [0.25, 0.3) is 0 Å². The number of benzene rings is 1. The summed E-state index contributed by atoms with van der Waals surface area (Å²) in [7, 11) is 3.55. The number of carbonyl (C=O) groups excluding carboxylic acids is 1. The molecule has 2 aromatic rings. The number of aromatic nitrogens is 1. The molecule has 0 atom stereocenters. The van der Waals surface area contributed by atoms with Crippen LogP contribution in [-0.2, 0) is 11.3 Å². The van der Waals surface area contributed by atoms with Crippen LogP contribution in [0.5, 0.6) is 5.75 Å². The highest BCUT2D eigenvalue weighted by Gasteiger charge is 2.10. The Morgan fingerprint density at radius 1 is 1.36 bits per heavy atom. The molecule has 1 amide bonds. The van der Waals surface area contributed by atoms with Crippen molar-refractivity contribution in [3.8, 4) is 5.75 Å². The molecule has 0 aliphatic heterocycles. The fourth-order valence-electron chi connectivity index (χ4n) is 2.25. The van der Waals surface area contributed by atoms with Gasteiger partial charge in [0.2, 0.25) is 11.8 Å². The average Bonchev–Trinajstić information content (AvgIpc) is 2.83. The first kappa shape index (κ1) is 16.0. The fourth-order valence-corrected chi connectivity index (χ4v) is 2.25. The lowest BCUT2D eigenvalue weighted by molar-refractivity contribution is -0.117. The fraction of sp³-hybridized carbons (Fsp3) is 0.375. The SMILES string of the molecule is COc1ccc(CN(C)CC(=O)Nc2cc(C)no2)cc1C. The smallest absolute Gasteiger partial charge is 0.240 e. The van der Waals surface area contributed by atoms with Crippen molar-refractivity contribution in [1.82, 2.24) is 10.1 Å². The Bertz CT molecular complexity index is 652. The summed E-state index contributed by atoms with van der Waals surface area (Å²) in [6, 6.07) is 7.69. The molecular formula is C16H21N3O3. The van der Waals surface area contributed by atoms with E-state index >= 15 is 0 Å². The number of hydrogen-bond acceptors (Lipinski definition) is 5. The van der Waals surface area contributed by atoms with Crippen molar-refractivity contribution in [1.29, 1.82) is 0 Å². The molecule has 6 nitrogen and oxygen atoms in total. The summed E-state index contributed by atoms with van der Waals surface area (Å²) in [5.74, 6) is 1.10. The normalized spacial score (nSPS) is 10.8. The lowest BCUT2D eigenvalue weighted by Crippen LogP contribution is -2.29. The van der Waals surface area contributed by atoms with Gasteiger partial charge in [0.25, 0.3) is 0 Å². The minimum atomic E-state index is -0.135. The molecule has 0 bridgehead atoms. The Morgan fingerprint density at radius 2 is 2.14 bits per heavy atom. The molecule has 0 aliphatic carbocycles. The van der Waals surface area contributed by atoms with Crippen LogP contribution in [0.4, 0.5) is 5.88 Å². The molecule has 1 N–H and O–H groups in total. The van der Waals surface area contributed by atoms with E-state index in [1.165, 1.54) is 0 Å². The highest BCUT2D eigenvalue weighted by molar-refractivity contribution is 5.90. The second-order valence-electron chi connectivity index (χ2n) is 5.36. The Morgan fingerprint density at radius 3 is 2.73 bits per heavy atom. The van der Waals surface area contributed by atoms with Crippen LogP contribution in [0.1, 0.15) is 16.8 Å². The predicted molar refractivity (Wildman–Crippen MR) is 83.9 cm³/mol. The third kappa shape index (κ3) is 4.33. The molecule has 6 heteroatoms. The molecule has 1 aromatic heterocycles. The molecule has 0 radical (unpaired) electrons. The van der Waals surface area contributed by atoms with E-state index in [4.69, 9.17) is 9.26 Å². The van der Waals surface area contributed by atoms with Crippen LogP contribution < -0.4 is 10.1 Å². The molecule has 0 saturated heterocycles. The van der Waals surface area contributed by atoms with Gasteiger partial charge in [-0.05, 0) is 38.1 Å². The van der Waals surface area contributed by atoms with Gasteiger partial charge in [0, 0.05) is 12.6 Å². The highest BCUT2D eigenvalue weighted by atomic mass is 16.5. The van der Waals surface area contributed by atoms with Crippen LogP contribution in [0.3, 0.4) is 0 Å². The second kappa shape index (κ2) is 7.09. The van der Waals surface area contributed by atoms with Gasteiger partial charge < -0.3 is 9.26 Å². The summed E-state index contributed by atoms with van der Waals surface area (Å²) in [4.78, 5) is 13.9. The summed E-state index contributed by atoms with van der Waals surface area (Å²) in [6.07, 6.45) is 0. The Kier molecular flexibility index (Phi) is 5.16. The quantitative estimate of drug-likeness (QED) is 0.887. The van der Waals surface area contributed by atoms with Gasteiger partial charge in [-0.25, -0.2) is 0 Å². The maximum Gasteiger partial charge on any atom is 0.240 e. The first-order valence-electron chi connectivity index (χ1n) is 7.03. The number of rotatable bonds is 6. The van der Waals surface area contributed by atoms with Gasteiger partial charge in [-0.15, -0.1) is 0 Å². The van der Waals surface area contributed by atoms with Gasteiger partial charge in [-0.2, -0.15) is 0 Å². The monoisotopic (exact) mass is 303 g/mol. The zero-order valence-corrected chi connectivity index (χ0v) is 13.3. The summed E-state index contributed by atoms with van der Waals surface area (Å²) < 4.78 is 10.2. The molecule has 118 valence electrons. The van der Waals surface area contributed by atoms with Crippen LogP contribution in [0, 0.1) is 13.8 Å².